The Kier molecular flexibility index (Phi) is 6.35. The topological polar surface area (TPSA) is 0 Å². The summed E-state index contributed by atoms with van der Waals surface area (Å²) in [5.41, 5.74) is 2.90. The van der Waals surface area contributed by atoms with Crippen molar-refractivity contribution in [2.24, 2.45) is 0 Å². The van der Waals surface area contributed by atoms with Crippen LogP contribution in [-0.2, 0) is 15.0 Å². The molecular weight excluding hydrogens is 340 g/mol. The summed E-state index contributed by atoms with van der Waals surface area (Å²) in [6.45, 7) is 2.23. The Balaban J connectivity index is 0.000000293. The Hall–Kier alpha value is 0.634. The fourth-order valence-corrected chi connectivity index (χ4v) is 1.68. The van der Waals surface area contributed by atoms with E-state index in [9.17, 15) is 0 Å². The first-order valence-corrected chi connectivity index (χ1v) is 12.3. The number of rotatable bonds is 1. The molecule has 1 aliphatic rings. The molecule has 0 N–H and O–H groups in total. The summed E-state index contributed by atoms with van der Waals surface area (Å²) in [6, 6.07) is 8.63. The van der Waals surface area contributed by atoms with Crippen LogP contribution in [0.25, 0.3) is 6.08 Å². The fourth-order valence-electron chi connectivity index (χ4n) is 1.68. The number of fused-ring (bicyclic) bond motifs is 1. The molecule has 0 saturated carbocycles. The quantitative estimate of drug-likeness (QED) is 0.631. The van der Waals surface area contributed by atoms with Crippen molar-refractivity contribution in [1.29, 1.82) is 0 Å². The van der Waals surface area contributed by atoms with Crippen LogP contribution in [0.5, 0.6) is 0 Å². The third-order valence-electron chi connectivity index (χ3n) is 2.34. The molecule has 74 valence electrons. The summed E-state index contributed by atoms with van der Waals surface area (Å²) >= 11 is 6.50. The van der Waals surface area contributed by atoms with Gasteiger partial charge in [0, 0.05) is 5.92 Å². The van der Waals surface area contributed by atoms with Crippen LogP contribution < -0.4 is 0 Å². The van der Waals surface area contributed by atoms with E-state index in [2.05, 4.69) is 69.7 Å². The molecule has 1 atom stereocenters. The fraction of sp³-hybridized carbons (Fsp3) is 0.273. The molecule has 0 aromatic heterocycles. The van der Waals surface area contributed by atoms with Gasteiger partial charge in [0.2, 0.25) is 0 Å². The SMILES string of the molecule is CCC1C=Cc2ccccc21.[Br][Ti][Br]. The Morgan fingerprint density at radius 3 is 2.57 bits per heavy atom. The first-order valence-electron chi connectivity index (χ1n) is 4.56. The van der Waals surface area contributed by atoms with E-state index in [4.69, 9.17) is 0 Å². The van der Waals surface area contributed by atoms with Crippen molar-refractivity contribution < 1.29 is 15.0 Å². The van der Waals surface area contributed by atoms with Crippen molar-refractivity contribution in [1.82, 2.24) is 0 Å². The van der Waals surface area contributed by atoms with Crippen LogP contribution in [0.2, 0.25) is 0 Å². The molecule has 0 nitrogen and oxygen atoms in total. The van der Waals surface area contributed by atoms with E-state index < -0.39 is 0 Å². The second kappa shape index (κ2) is 7.00. The number of allylic oxidation sites excluding steroid dienone is 1. The molecule has 0 fully saturated rings. The number of hydrogen-bond donors (Lipinski definition) is 0. The van der Waals surface area contributed by atoms with Crippen LogP contribution in [0.15, 0.2) is 30.3 Å². The first-order chi connectivity index (χ1) is 6.83. The van der Waals surface area contributed by atoms with Gasteiger partial charge in [-0.2, -0.15) is 0 Å². The molecule has 3 heteroatoms. The Bertz CT molecular complexity index is 310. The van der Waals surface area contributed by atoms with Gasteiger partial charge >= 0.3 is 41.3 Å². The van der Waals surface area contributed by atoms with Gasteiger partial charge < -0.3 is 0 Å². The summed E-state index contributed by atoms with van der Waals surface area (Å²) < 4.78 is 0. The molecule has 0 radical (unpaired) electrons. The maximum atomic E-state index is 3.19. The molecule has 0 amide bonds. The Morgan fingerprint density at radius 1 is 1.29 bits per heavy atom. The molecule has 14 heavy (non-hydrogen) atoms. The number of hydrogen-bond acceptors (Lipinski definition) is 0. The van der Waals surface area contributed by atoms with Crippen molar-refractivity contribution in [3.05, 3.63) is 41.5 Å². The van der Waals surface area contributed by atoms with E-state index >= 15 is 0 Å². The van der Waals surface area contributed by atoms with E-state index in [0.717, 1.165) is 0 Å². The van der Waals surface area contributed by atoms with Crippen molar-refractivity contribution in [2.75, 3.05) is 0 Å². The zero-order valence-corrected chi connectivity index (χ0v) is 12.7. The Labute approximate surface area is 107 Å². The summed E-state index contributed by atoms with van der Waals surface area (Å²) in [6.07, 6.45) is 5.74. The van der Waals surface area contributed by atoms with Gasteiger partial charge in [0.15, 0.2) is 0 Å². The van der Waals surface area contributed by atoms with E-state index in [-0.39, 0.29) is 15.0 Å². The summed E-state index contributed by atoms with van der Waals surface area (Å²) in [5, 5.41) is 0. The van der Waals surface area contributed by atoms with Crippen molar-refractivity contribution in [3.63, 3.8) is 0 Å². The number of halogens is 2. The monoisotopic (exact) mass is 350 g/mol. The normalized spacial score (nSPS) is 16.9. The van der Waals surface area contributed by atoms with Gasteiger partial charge in [0.25, 0.3) is 0 Å². The first kappa shape index (κ1) is 12.7. The summed E-state index contributed by atoms with van der Waals surface area (Å²) in [5.74, 6) is 0.672. The third-order valence-corrected chi connectivity index (χ3v) is 2.34. The molecular formula is C11H12Br2Ti. The van der Waals surface area contributed by atoms with Gasteiger partial charge in [-0.25, -0.2) is 0 Å². The molecule has 1 aromatic carbocycles. The summed E-state index contributed by atoms with van der Waals surface area (Å²) in [4.78, 5) is 0. The predicted molar refractivity (Wildman–Crippen MR) is 66.4 cm³/mol. The van der Waals surface area contributed by atoms with Gasteiger partial charge in [0.05, 0.1) is 0 Å². The van der Waals surface area contributed by atoms with E-state index in [1.165, 1.54) is 17.5 Å². The second-order valence-electron chi connectivity index (χ2n) is 3.07. The average Bonchev–Trinajstić information content (AvgIpc) is 2.62. The van der Waals surface area contributed by atoms with E-state index in [1.807, 2.05) is 0 Å². The van der Waals surface area contributed by atoms with Crippen LogP contribution in [-0.4, -0.2) is 0 Å². The van der Waals surface area contributed by atoms with Gasteiger partial charge in [-0.1, -0.05) is 43.3 Å². The van der Waals surface area contributed by atoms with Crippen LogP contribution in [0.4, 0.5) is 0 Å². The van der Waals surface area contributed by atoms with E-state index in [1.54, 1.807) is 0 Å². The molecule has 0 aliphatic heterocycles. The van der Waals surface area contributed by atoms with Gasteiger partial charge in [0.1, 0.15) is 0 Å². The average molecular weight is 352 g/mol. The van der Waals surface area contributed by atoms with Crippen LogP contribution in [0.3, 0.4) is 0 Å². The predicted octanol–water partition coefficient (Wildman–Crippen LogP) is 4.90. The van der Waals surface area contributed by atoms with Gasteiger partial charge in [-0.3, -0.25) is 0 Å². The van der Waals surface area contributed by atoms with Gasteiger partial charge in [-0.15, -0.1) is 0 Å². The molecule has 0 heterocycles. The standard InChI is InChI=1S/C11H12.2BrH.Ti/c1-2-9-7-8-10-5-3-4-6-11(9)10;;;/h3-9H,2H2,1H3;2*1H;/q;;;+2/p-2. The van der Waals surface area contributed by atoms with Crippen LogP contribution in [0.1, 0.15) is 30.4 Å². The molecule has 1 unspecified atom stereocenters. The molecule has 0 saturated heterocycles. The maximum absolute atomic E-state index is 3.19. The number of benzene rings is 1. The van der Waals surface area contributed by atoms with Crippen LogP contribution in [0, 0.1) is 0 Å². The minimum absolute atomic E-state index is 0.125. The molecule has 1 aromatic rings. The minimum atomic E-state index is 0.125. The van der Waals surface area contributed by atoms with Crippen molar-refractivity contribution >= 4 is 32.4 Å². The van der Waals surface area contributed by atoms with Crippen molar-refractivity contribution in [3.8, 4) is 0 Å². The molecule has 0 spiro atoms. The second-order valence-corrected chi connectivity index (χ2v) is 11.0. The Morgan fingerprint density at radius 2 is 1.93 bits per heavy atom. The van der Waals surface area contributed by atoms with Crippen molar-refractivity contribution in [2.45, 2.75) is 19.3 Å². The molecule has 0 bridgehead atoms. The summed E-state index contributed by atoms with van der Waals surface area (Å²) in [7, 11) is 0. The van der Waals surface area contributed by atoms with E-state index in [0.29, 0.717) is 5.92 Å². The van der Waals surface area contributed by atoms with Gasteiger partial charge in [-0.05, 0) is 17.5 Å². The molecule has 1 aliphatic carbocycles. The zero-order valence-electron chi connectivity index (χ0n) is 8.00. The zero-order chi connectivity index (χ0) is 10.4. The third kappa shape index (κ3) is 3.34. The molecule has 2 rings (SSSR count). The van der Waals surface area contributed by atoms with Crippen LogP contribution >= 0.6 is 26.3 Å².